The van der Waals surface area contributed by atoms with Crippen LogP contribution >= 0.6 is 12.4 Å². The first-order valence-electron chi connectivity index (χ1n) is 9.20. The second-order valence-corrected chi connectivity index (χ2v) is 8.47. The van der Waals surface area contributed by atoms with Gasteiger partial charge in [0.1, 0.15) is 11.6 Å². The fourth-order valence-corrected chi connectivity index (χ4v) is 6.21. The predicted molar refractivity (Wildman–Crippen MR) is 93.8 cm³/mol. The molecule has 0 aromatic rings. The standard InChI is InChI=1S/C17H24N4O4.ClH/c18-9-14-2-1-3-20(14)15(22)10-19-16-5-12-4-13(6-16)8-17(7-12,11-16)25-21(23)24;/h12-14,19H,1-8,10-11H2;1H/t12?,13?,14-,16?,17?;/m0./s1. The van der Waals surface area contributed by atoms with Crippen molar-refractivity contribution in [2.75, 3.05) is 13.1 Å². The molecule has 1 aliphatic heterocycles. The molecule has 1 saturated heterocycles. The SMILES string of the molecule is Cl.N#C[C@@H]1CCCN1C(=O)CNC12CC3CC(C1)CC(O[N+](=O)[O-])(C3)C2. The van der Waals surface area contributed by atoms with Crippen molar-refractivity contribution < 1.29 is 14.7 Å². The highest BCUT2D eigenvalue weighted by Gasteiger charge is 2.59. The van der Waals surface area contributed by atoms with Gasteiger partial charge in [-0.25, -0.2) is 0 Å². The summed E-state index contributed by atoms with van der Waals surface area (Å²) >= 11 is 0. The Hall–Kier alpha value is -1.59. The van der Waals surface area contributed by atoms with Gasteiger partial charge in [0.05, 0.1) is 12.6 Å². The topological polar surface area (TPSA) is 108 Å². The van der Waals surface area contributed by atoms with Gasteiger partial charge in [-0.15, -0.1) is 22.5 Å². The van der Waals surface area contributed by atoms with Crippen LogP contribution in [0.15, 0.2) is 0 Å². The van der Waals surface area contributed by atoms with Gasteiger partial charge < -0.3 is 15.1 Å². The van der Waals surface area contributed by atoms with Crippen molar-refractivity contribution in [3.63, 3.8) is 0 Å². The lowest BCUT2D eigenvalue weighted by Crippen LogP contribution is -2.66. The van der Waals surface area contributed by atoms with Gasteiger partial charge in [-0.1, -0.05) is 0 Å². The van der Waals surface area contributed by atoms with E-state index in [-0.39, 0.29) is 36.4 Å². The molecule has 1 amide bonds. The van der Waals surface area contributed by atoms with Crippen LogP contribution in [0.4, 0.5) is 0 Å². The van der Waals surface area contributed by atoms with Crippen molar-refractivity contribution in [1.82, 2.24) is 10.2 Å². The monoisotopic (exact) mass is 384 g/mol. The third-order valence-electron chi connectivity index (χ3n) is 6.61. The van der Waals surface area contributed by atoms with Gasteiger partial charge in [0.25, 0.3) is 5.09 Å². The normalized spacial score (nSPS) is 40.0. The van der Waals surface area contributed by atoms with E-state index in [0.29, 0.717) is 24.8 Å². The largest absolute Gasteiger partial charge is 0.326 e. The molecule has 4 saturated carbocycles. The Bertz CT molecular complexity index is 623. The van der Waals surface area contributed by atoms with Crippen molar-refractivity contribution in [3.05, 3.63) is 10.1 Å². The summed E-state index contributed by atoms with van der Waals surface area (Å²) in [7, 11) is 0. The highest BCUT2D eigenvalue weighted by Crippen LogP contribution is 2.58. The maximum Gasteiger partial charge on any atom is 0.295 e. The Kier molecular flexibility index (Phi) is 5.06. The third kappa shape index (κ3) is 3.35. The molecule has 0 aromatic carbocycles. The summed E-state index contributed by atoms with van der Waals surface area (Å²) in [4.78, 5) is 30.3. The molecule has 8 nitrogen and oxygen atoms in total. The number of hydrogen-bond donors (Lipinski definition) is 1. The number of amides is 1. The molecule has 144 valence electrons. The molecule has 0 spiro atoms. The molecule has 4 aliphatic carbocycles. The van der Waals surface area contributed by atoms with Crippen molar-refractivity contribution in [1.29, 1.82) is 5.26 Å². The summed E-state index contributed by atoms with van der Waals surface area (Å²) < 4.78 is 0. The zero-order valence-electron chi connectivity index (χ0n) is 14.7. The summed E-state index contributed by atoms with van der Waals surface area (Å²) in [5.74, 6) is 0.828. The van der Waals surface area contributed by atoms with E-state index in [2.05, 4.69) is 11.4 Å². The molecule has 3 atom stereocenters. The van der Waals surface area contributed by atoms with Gasteiger partial charge in [0, 0.05) is 12.1 Å². The highest BCUT2D eigenvalue weighted by molar-refractivity contribution is 5.85. The minimum atomic E-state index is -0.674. The lowest BCUT2D eigenvalue weighted by atomic mass is 9.51. The van der Waals surface area contributed by atoms with E-state index in [4.69, 9.17) is 10.1 Å². The Morgan fingerprint density at radius 3 is 2.65 bits per heavy atom. The van der Waals surface area contributed by atoms with Crippen LogP contribution in [-0.2, 0) is 9.63 Å². The molecular formula is C17H25ClN4O4. The van der Waals surface area contributed by atoms with E-state index in [9.17, 15) is 14.9 Å². The van der Waals surface area contributed by atoms with E-state index < -0.39 is 10.7 Å². The van der Waals surface area contributed by atoms with Crippen molar-refractivity contribution >= 4 is 18.3 Å². The number of likely N-dealkylation sites (tertiary alicyclic amines) is 1. The molecule has 5 fully saturated rings. The average Bonchev–Trinajstić information content (AvgIpc) is 2.98. The summed E-state index contributed by atoms with van der Waals surface area (Å²) in [5.41, 5.74) is -0.913. The number of nitriles is 1. The first-order valence-corrected chi connectivity index (χ1v) is 9.20. The van der Waals surface area contributed by atoms with Crippen LogP contribution in [0.2, 0.25) is 0 Å². The molecule has 1 heterocycles. The third-order valence-corrected chi connectivity index (χ3v) is 6.61. The number of nitrogens with zero attached hydrogens (tertiary/aromatic N) is 3. The van der Waals surface area contributed by atoms with Gasteiger partial charge in [-0.05, 0) is 63.2 Å². The molecule has 1 N–H and O–H groups in total. The second kappa shape index (κ2) is 6.86. The highest BCUT2D eigenvalue weighted by atomic mass is 35.5. The molecule has 26 heavy (non-hydrogen) atoms. The molecule has 4 bridgehead atoms. The zero-order valence-corrected chi connectivity index (χ0v) is 15.5. The van der Waals surface area contributed by atoms with Crippen LogP contribution in [0, 0.1) is 33.3 Å². The number of hydrogen-bond acceptors (Lipinski definition) is 6. The van der Waals surface area contributed by atoms with Crippen molar-refractivity contribution in [2.24, 2.45) is 11.8 Å². The van der Waals surface area contributed by atoms with E-state index in [1.165, 1.54) is 0 Å². The Morgan fingerprint density at radius 1 is 1.35 bits per heavy atom. The van der Waals surface area contributed by atoms with Crippen LogP contribution < -0.4 is 5.32 Å². The number of halogens is 1. The molecule has 0 aromatic heterocycles. The summed E-state index contributed by atoms with van der Waals surface area (Å²) in [6.45, 7) is 0.845. The van der Waals surface area contributed by atoms with E-state index in [0.717, 1.165) is 44.9 Å². The number of carbonyl (C=O) groups excluding carboxylic acids is 1. The maximum atomic E-state index is 12.5. The van der Waals surface area contributed by atoms with Gasteiger partial charge in [0.2, 0.25) is 5.91 Å². The molecular weight excluding hydrogens is 360 g/mol. The second-order valence-electron chi connectivity index (χ2n) is 8.47. The molecule has 2 unspecified atom stereocenters. The summed E-state index contributed by atoms with van der Waals surface area (Å²) in [6, 6.07) is 1.89. The minimum absolute atomic E-state index is 0. The fourth-order valence-electron chi connectivity index (χ4n) is 6.21. The lowest BCUT2D eigenvalue weighted by molar-refractivity contribution is -0.785. The molecule has 9 heteroatoms. The Morgan fingerprint density at radius 2 is 2.04 bits per heavy atom. The summed E-state index contributed by atoms with van der Waals surface area (Å²) in [6.07, 6.45) is 6.76. The number of carbonyl (C=O) groups is 1. The fraction of sp³-hybridized carbons (Fsp3) is 0.882. The first kappa shape index (κ1) is 19.2. The van der Waals surface area contributed by atoms with Crippen LogP contribution in [0.25, 0.3) is 0 Å². The summed E-state index contributed by atoms with van der Waals surface area (Å²) in [5, 5.41) is 22.9. The van der Waals surface area contributed by atoms with Crippen LogP contribution in [0.1, 0.15) is 51.4 Å². The lowest BCUT2D eigenvalue weighted by Gasteiger charge is -2.61. The van der Waals surface area contributed by atoms with E-state index in [1.807, 2.05) is 0 Å². The quantitative estimate of drug-likeness (QED) is 0.572. The van der Waals surface area contributed by atoms with Gasteiger partial charge in [-0.3, -0.25) is 4.79 Å². The van der Waals surface area contributed by atoms with Gasteiger partial charge >= 0.3 is 0 Å². The van der Waals surface area contributed by atoms with Crippen LogP contribution in [0.5, 0.6) is 0 Å². The van der Waals surface area contributed by atoms with Crippen LogP contribution in [0.3, 0.4) is 0 Å². The van der Waals surface area contributed by atoms with Crippen molar-refractivity contribution in [2.45, 2.75) is 68.5 Å². The van der Waals surface area contributed by atoms with Gasteiger partial charge in [0.15, 0.2) is 0 Å². The van der Waals surface area contributed by atoms with Crippen molar-refractivity contribution in [3.8, 4) is 6.07 Å². The predicted octanol–water partition coefficient (Wildman–Crippen LogP) is 1.81. The number of rotatable bonds is 5. The molecule has 5 aliphatic rings. The van der Waals surface area contributed by atoms with E-state index >= 15 is 0 Å². The maximum absolute atomic E-state index is 12.5. The number of nitrogens with one attached hydrogen (secondary N) is 1. The van der Waals surface area contributed by atoms with E-state index in [1.54, 1.807) is 4.90 Å². The Balaban J connectivity index is 0.00000196. The average molecular weight is 385 g/mol. The molecule has 0 radical (unpaired) electrons. The van der Waals surface area contributed by atoms with Gasteiger partial charge in [-0.2, -0.15) is 5.26 Å². The Labute approximate surface area is 158 Å². The first-order chi connectivity index (χ1) is 11.9. The van der Waals surface area contributed by atoms with Crippen LogP contribution in [-0.4, -0.2) is 46.2 Å². The molecule has 5 rings (SSSR count). The minimum Gasteiger partial charge on any atom is -0.326 e. The zero-order chi connectivity index (χ0) is 17.7. The smallest absolute Gasteiger partial charge is 0.295 e.